The molecule has 2 rings (SSSR count). The number of nitrogens with zero attached hydrogens (tertiary/aromatic N) is 4. The van der Waals surface area contributed by atoms with Crippen LogP contribution in [0.2, 0.25) is 0 Å². The minimum Gasteiger partial charge on any atom is -0.357 e. The van der Waals surface area contributed by atoms with Gasteiger partial charge in [0.1, 0.15) is 0 Å². The summed E-state index contributed by atoms with van der Waals surface area (Å²) in [6, 6.07) is 4.41. The van der Waals surface area contributed by atoms with Crippen LogP contribution >= 0.6 is 11.3 Å². The Labute approximate surface area is 142 Å². The van der Waals surface area contributed by atoms with E-state index in [2.05, 4.69) is 70.4 Å². The maximum Gasteiger partial charge on any atom is 0.191 e. The molecule has 1 unspecified atom stereocenters. The predicted octanol–water partition coefficient (Wildman–Crippen LogP) is 1.84. The fourth-order valence-electron chi connectivity index (χ4n) is 2.31. The summed E-state index contributed by atoms with van der Waals surface area (Å²) in [6.45, 7) is 4.39. The highest BCUT2D eigenvalue weighted by Gasteiger charge is 2.16. The van der Waals surface area contributed by atoms with E-state index in [-0.39, 0.29) is 6.04 Å². The summed E-state index contributed by atoms with van der Waals surface area (Å²) in [5.74, 6) is 0.844. The van der Waals surface area contributed by atoms with Crippen molar-refractivity contribution in [1.29, 1.82) is 0 Å². The van der Waals surface area contributed by atoms with Gasteiger partial charge in [-0.15, -0.1) is 11.3 Å². The van der Waals surface area contributed by atoms with E-state index in [0.29, 0.717) is 6.54 Å². The Morgan fingerprint density at radius 3 is 2.83 bits per heavy atom. The van der Waals surface area contributed by atoms with Gasteiger partial charge in [-0.05, 0) is 32.5 Å². The normalized spacial score (nSPS) is 13.3. The first-order chi connectivity index (χ1) is 11.1. The topological polar surface area (TPSA) is 57.5 Å². The average molecular weight is 334 g/mol. The number of rotatable bonds is 7. The van der Waals surface area contributed by atoms with Gasteiger partial charge in [0.25, 0.3) is 0 Å². The minimum absolute atomic E-state index is 0.245. The molecule has 7 heteroatoms. The second-order valence-electron chi connectivity index (χ2n) is 5.58. The van der Waals surface area contributed by atoms with E-state index in [1.54, 1.807) is 11.3 Å². The van der Waals surface area contributed by atoms with Crippen LogP contribution in [0.1, 0.15) is 23.4 Å². The van der Waals surface area contributed by atoms with Gasteiger partial charge in [-0.25, -0.2) is 4.99 Å². The molecule has 126 valence electrons. The second-order valence-corrected chi connectivity index (χ2v) is 6.61. The van der Waals surface area contributed by atoms with Crippen LogP contribution in [0.3, 0.4) is 0 Å². The van der Waals surface area contributed by atoms with Crippen molar-refractivity contribution in [3.05, 3.63) is 40.3 Å². The van der Waals surface area contributed by atoms with Crippen LogP contribution in [0.5, 0.6) is 0 Å². The molecule has 6 nitrogen and oxygen atoms in total. The quantitative estimate of drug-likeness (QED) is 0.599. The molecule has 0 saturated carbocycles. The lowest BCUT2D eigenvalue weighted by molar-refractivity contribution is 0.298. The van der Waals surface area contributed by atoms with E-state index in [4.69, 9.17) is 0 Å². The Hall–Kier alpha value is -1.86. The summed E-state index contributed by atoms with van der Waals surface area (Å²) in [5, 5.41) is 13.1. The zero-order valence-electron chi connectivity index (χ0n) is 14.3. The van der Waals surface area contributed by atoms with Crippen molar-refractivity contribution < 1.29 is 0 Å². The standard InChI is InChI=1S/C16H26N6S/c1-5-17-16(18-10-14-7-6-8-23-14)19-11-15(21(2)3)13-9-20-22(4)12-13/h6-9,12,15H,5,10-11H2,1-4H3,(H2,17,18,19). The number of hydrogen-bond donors (Lipinski definition) is 2. The Balaban J connectivity index is 1.99. The average Bonchev–Trinajstić information content (AvgIpc) is 3.16. The monoisotopic (exact) mass is 334 g/mol. The summed E-state index contributed by atoms with van der Waals surface area (Å²) in [6.07, 6.45) is 3.98. The van der Waals surface area contributed by atoms with Gasteiger partial charge in [0.15, 0.2) is 5.96 Å². The van der Waals surface area contributed by atoms with Crippen LogP contribution in [0.25, 0.3) is 0 Å². The van der Waals surface area contributed by atoms with Crippen molar-refractivity contribution in [3.8, 4) is 0 Å². The third kappa shape index (κ3) is 5.37. The maximum absolute atomic E-state index is 4.65. The first-order valence-electron chi connectivity index (χ1n) is 7.79. The third-order valence-electron chi connectivity index (χ3n) is 3.51. The lowest BCUT2D eigenvalue weighted by Gasteiger charge is -2.24. The molecule has 2 heterocycles. The summed E-state index contributed by atoms with van der Waals surface area (Å²) in [7, 11) is 6.10. The first kappa shape index (κ1) is 17.5. The van der Waals surface area contributed by atoms with Crippen molar-refractivity contribution in [2.45, 2.75) is 19.5 Å². The Kier molecular flexibility index (Phi) is 6.61. The van der Waals surface area contributed by atoms with Gasteiger partial charge in [-0.3, -0.25) is 4.68 Å². The van der Waals surface area contributed by atoms with E-state index in [1.807, 2.05) is 17.9 Å². The van der Waals surface area contributed by atoms with E-state index >= 15 is 0 Å². The van der Waals surface area contributed by atoms with Gasteiger partial charge in [-0.1, -0.05) is 6.07 Å². The molecule has 0 bridgehead atoms. The molecule has 0 aliphatic rings. The fraction of sp³-hybridized carbons (Fsp3) is 0.500. The molecule has 0 fully saturated rings. The summed E-state index contributed by atoms with van der Waals surface area (Å²) < 4.78 is 1.84. The highest BCUT2D eigenvalue weighted by molar-refractivity contribution is 7.09. The molecule has 0 aliphatic carbocycles. The number of aryl methyl sites for hydroxylation is 1. The Morgan fingerprint density at radius 1 is 1.43 bits per heavy atom. The van der Waals surface area contributed by atoms with Crippen LogP contribution in [0.15, 0.2) is 34.9 Å². The highest BCUT2D eigenvalue weighted by atomic mass is 32.1. The van der Waals surface area contributed by atoms with Crippen LogP contribution in [0, 0.1) is 0 Å². The smallest absolute Gasteiger partial charge is 0.191 e. The predicted molar refractivity (Wildman–Crippen MR) is 96.8 cm³/mol. The lowest BCUT2D eigenvalue weighted by Crippen LogP contribution is -2.41. The van der Waals surface area contributed by atoms with Gasteiger partial charge in [0.2, 0.25) is 0 Å². The Morgan fingerprint density at radius 2 is 2.26 bits per heavy atom. The number of hydrogen-bond acceptors (Lipinski definition) is 4. The molecular weight excluding hydrogens is 308 g/mol. The zero-order valence-corrected chi connectivity index (χ0v) is 15.1. The van der Waals surface area contributed by atoms with Crippen LogP contribution in [0.4, 0.5) is 0 Å². The SMILES string of the molecule is CCNC(=NCc1cccs1)NCC(c1cnn(C)c1)N(C)C. The van der Waals surface area contributed by atoms with E-state index < -0.39 is 0 Å². The van der Waals surface area contributed by atoms with Crippen molar-refractivity contribution in [1.82, 2.24) is 25.3 Å². The van der Waals surface area contributed by atoms with Crippen molar-refractivity contribution >= 4 is 17.3 Å². The van der Waals surface area contributed by atoms with Crippen LogP contribution in [-0.4, -0.2) is 47.8 Å². The molecule has 1 atom stereocenters. The minimum atomic E-state index is 0.245. The lowest BCUT2D eigenvalue weighted by atomic mass is 10.1. The molecule has 0 saturated heterocycles. The van der Waals surface area contributed by atoms with Gasteiger partial charge in [-0.2, -0.15) is 5.10 Å². The Bertz CT molecular complexity index is 602. The maximum atomic E-state index is 4.65. The third-order valence-corrected chi connectivity index (χ3v) is 4.37. The number of aromatic nitrogens is 2. The number of nitrogens with one attached hydrogen (secondary N) is 2. The van der Waals surface area contributed by atoms with Gasteiger partial charge in [0, 0.05) is 36.8 Å². The largest absolute Gasteiger partial charge is 0.357 e. The van der Waals surface area contributed by atoms with Crippen LogP contribution in [-0.2, 0) is 13.6 Å². The summed E-state index contributed by atoms with van der Waals surface area (Å²) in [4.78, 5) is 8.10. The first-order valence-corrected chi connectivity index (χ1v) is 8.67. The molecule has 0 radical (unpaired) electrons. The second kappa shape index (κ2) is 8.69. The van der Waals surface area contributed by atoms with E-state index in [1.165, 1.54) is 10.4 Å². The molecule has 23 heavy (non-hydrogen) atoms. The number of thiophene rings is 1. The summed E-state index contributed by atoms with van der Waals surface area (Å²) >= 11 is 1.73. The molecular formula is C16H26N6S. The van der Waals surface area contributed by atoms with Gasteiger partial charge < -0.3 is 15.5 Å². The van der Waals surface area contributed by atoms with Crippen molar-refractivity contribution in [3.63, 3.8) is 0 Å². The molecule has 0 spiro atoms. The van der Waals surface area contributed by atoms with Gasteiger partial charge >= 0.3 is 0 Å². The number of guanidine groups is 1. The van der Waals surface area contributed by atoms with Crippen LogP contribution < -0.4 is 10.6 Å². The molecule has 0 aliphatic heterocycles. The molecule has 2 aromatic heterocycles. The molecule has 0 amide bonds. The number of aliphatic imine (C=N–C) groups is 1. The van der Waals surface area contributed by atoms with Crippen molar-refractivity contribution in [2.24, 2.45) is 12.0 Å². The molecule has 2 N–H and O–H groups in total. The highest BCUT2D eigenvalue weighted by Crippen LogP contribution is 2.16. The van der Waals surface area contributed by atoms with Gasteiger partial charge in [0.05, 0.1) is 18.8 Å². The van der Waals surface area contributed by atoms with Crippen molar-refractivity contribution in [2.75, 3.05) is 27.2 Å². The fourth-order valence-corrected chi connectivity index (χ4v) is 2.93. The zero-order chi connectivity index (χ0) is 16.7. The summed E-state index contributed by atoms with van der Waals surface area (Å²) in [5.41, 5.74) is 1.19. The number of likely N-dealkylation sites (N-methyl/N-ethyl adjacent to an activating group) is 1. The molecule has 0 aromatic carbocycles. The molecule has 2 aromatic rings. The van der Waals surface area contributed by atoms with E-state index in [0.717, 1.165) is 19.0 Å². The van der Waals surface area contributed by atoms with E-state index in [9.17, 15) is 0 Å².